The number of nitrogens with one attached hydrogen (secondary N) is 2. The van der Waals surface area contributed by atoms with Gasteiger partial charge in [0.25, 0.3) is 10.0 Å². The van der Waals surface area contributed by atoms with Crippen LogP contribution in [0, 0.1) is 0 Å². The number of rotatable bonds is 12. The molecule has 0 saturated heterocycles. The van der Waals surface area contributed by atoms with Gasteiger partial charge in [0, 0.05) is 13.2 Å². The Bertz CT molecular complexity index is 485. The molecular formula is C14H26N2O4S. The van der Waals surface area contributed by atoms with Crippen LogP contribution in [0.15, 0.2) is 21.6 Å². The second kappa shape index (κ2) is 9.94. The van der Waals surface area contributed by atoms with Crippen LogP contribution < -0.4 is 10.0 Å². The molecule has 1 rings (SSSR count). The van der Waals surface area contributed by atoms with E-state index in [1.807, 2.05) is 0 Å². The molecule has 1 aromatic heterocycles. The van der Waals surface area contributed by atoms with Crippen molar-refractivity contribution in [2.45, 2.75) is 50.7 Å². The summed E-state index contributed by atoms with van der Waals surface area (Å²) in [5, 5.41) is 11.8. The van der Waals surface area contributed by atoms with Crippen molar-refractivity contribution in [2.24, 2.45) is 0 Å². The van der Waals surface area contributed by atoms with Gasteiger partial charge < -0.3 is 14.8 Å². The van der Waals surface area contributed by atoms with Crippen molar-refractivity contribution < 1.29 is 17.9 Å². The van der Waals surface area contributed by atoms with Crippen LogP contribution in [0.25, 0.3) is 0 Å². The van der Waals surface area contributed by atoms with E-state index in [4.69, 9.17) is 9.52 Å². The summed E-state index contributed by atoms with van der Waals surface area (Å²) in [6, 6.07) is 3.16. The lowest BCUT2D eigenvalue weighted by molar-refractivity contribution is 0.282. The number of hydrogen-bond donors (Lipinski definition) is 3. The fraction of sp³-hybridized carbons (Fsp3) is 0.714. The quantitative estimate of drug-likeness (QED) is 0.509. The van der Waals surface area contributed by atoms with Crippen LogP contribution in [0.4, 0.5) is 0 Å². The van der Waals surface area contributed by atoms with Crippen LogP contribution >= 0.6 is 0 Å². The fourth-order valence-electron chi connectivity index (χ4n) is 1.85. The standard InChI is InChI=1S/C14H26N2O4S/c1-2-9-15-12-13-7-8-14(20-13)21(18,19)16-10-5-3-4-6-11-17/h7-8,15-17H,2-6,9-12H2,1H3. The average molecular weight is 318 g/mol. The molecule has 0 aromatic carbocycles. The fourth-order valence-corrected chi connectivity index (χ4v) is 2.87. The molecule has 0 bridgehead atoms. The maximum absolute atomic E-state index is 12.0. The largest absolute Gasteiger partial charge is 0.447 e. The first-order valence-corrected chi connectivity index (χ1v) is 8.98. The van der Waals surface area contributed by atoms with Gasteiger partial charge in [0.1, 0.15) is 5.76 Å². The Kier molecular flexibility index (Phi) is 8.60. The Morgan fingerprint density at radius 3 is 2.62 bits per heavy atom. The summed E-state index contributed by atoms with van der Waals surface area (Å²) >= 11 is 0. The van der Waals surface area contributed by atoms with E-state index in [1.165, 1.54) is 6.07 Å². The minimum atomic E-state index is -3.56. The minimum Gasteiger partial charge on any atom is -0.447 e. The van der Waals surface area contributed by atoms with Crippen LogP contribution in [-0.2, 0) is 16.6 Å². The topological polar surface area (TPSA) is 91.6 Å². The van der Waals surface area contributed by atoms with Gasteiger partial charge in [0.15, 0.2) is 0 Å². The second-order valence-corrected chi connectivity index (χ2v) is 6.63. The lowest BCUT2D eigenvalue weighted by atomic mass is 10.2. The van der Waals surface area contributed by atoms with E-state index in [0.717, 1.165) is 38.6 Å². The van der Waals surface area contributed by atoms with Gasteiger partial charge in [-0.15, -0.1) is 0 Å². The first kappa shape index (κ1) is 18.2. The van der Waals surface area contributed by atoms with Gasteiger partial charge in [-0.05, 0) is 37.9 Å². The predicted molar refractivity (Wildman–Crippen MR) is 81.4 cm³/mol. The van der Waals surface area contributed by atoms with E-state index < -0.39 is 10.0 Å². The van der Waals surface area contributed by atoms with Crippen molar-refractivity contribution in [1.29, 1.82) is 0 Å². The number of aliphatic hydroxyl groups excluding tert-OH is 1. The molecule has 0 radical (unpaired) electrons. The summed E-state index contributed by atoms with van der Waals surface area (Å²) in [5.74, 6) is 0.617. The van der Waals surface area contributed by atoms with Gasteiger partial charge in [0.2, 0.25) is 5.09 Å². The van der Waals surface area contributed by atoms with Crippen molar-refractivity contribution >= 4 is 10.0 Å². The number of furan rings is 1. The molecule has 0 spiro atoms. The van der Waals surface area contributed by atoms with Gasteiger partial charge in [-0.25, -0.2) is 13.1 Å². The van der Waals surface area contributed by atoms with Gasteiger partial charge in [-0.2, -0.15) is 0 Å². The van der Waals surface area contributed by atoms with Crippen molar-refractivity contribution in [2.75, 3.05) is 19.7 Å². The molecule has 0 unspecified atom stereocenters. The zero-order valence-electron chi connectivity index (χ0n) is 12.6. The molecule has 0 amide bonds. The molecular weight excluding hydrogens is 292 g/mol. The summed E-state index contributed by atoms with van der Waals surface area (Å²) < 4.78 is 31.9. The first-order valence-electron chi connectivity index (χ1n) is 7.50. The van der Waals surface area contributed by atoms with E-state index in [2.05, 4.69) is 17.0 Å². The molecule has 122 valence electrons. The van der Waals surface area contributed by atoms with Crippen molar-refractivity contribution in [1.82, 2.24) is 10.0 Å². The number of unbranched alkanes of at least 4 members (excludes halogenated alkanes) is 3. The third-order valence-corrected chi connectivity index (χ3v) is 4.34. The van der Waals surface area contributed by atoms with Crippen molar-refractivity contribution in [3.63, 3.8) is 0 Å². The van der Waals surface area contributed by atoms with Crippen molar-refractivity contribution in [3.8, 4) is 0 Å². The molecule has 0 aliphatic carbocycles. The Hall–Kier alpha value is -0.890. The summed E-state index contributed by atoms with van der Waals surface area (Å²) in [5.41, 5.74) is 0. The third kappa shape index (κ3) is 7.08. The Labute approximate surface area is 127 Å². The van der Waals surface area contributed by atoms with E-state index in [-0.39, 0.29) is 11.7 Å². The predicted octanol–water partition coefficient (Wildman–Crippen LogP) is 1.61. The Balaban J connectivity index is 2.36. The Morgan fingerprint density at radius 1 is 1.14 bits per heavy atom. The number of aliphatic hydroxyl groups is 1. The molecule has 0 fully saturated rings. The highest BCUT2D eigenvalue weighted by atomic mass is 32.2. The smallest absolute Gasteiger partial charge is 0.273 e. The third-order valence-electron chi connectivity index (χ3n) is 3.00. The van der Waals surface area contributed by atoms with Crippen LogP contribution in [0.3, 0.4) is 0 Å². The van der Waals surface area contributed by atoms with E-state index in [0.29, 0.717) is 18.8 Å². The zero-order valence-corrected chi connectivity index (χ0v) is 13.4. The van der Waals surface area contributed by atoms with Gasteiger partial charge in [0.05, 0.1) is 6.54 Å². The maximum atomic E-state index is 12.0. The maximum Gasteiger partial charge on any atom is 0.273 e. The lowest BCUT2D eigenvalue weighted by Crippen LogP contribution is -2.24. The zero-order chi connectivity index (χ0) is 15.6. The SMILES string of the molecule is CCCNCc1ccc(S(=O)(=O)NCCCCCCO)o1. The second-order valence-electron chi connectivity index (χ2n) is 4.93. The highest BCUT2D eigenvalue weighted by molar-refractivity contribution is 7.89. The number of sulfonamides is 1. The molecule has 0 atom stereocenters. The highest BCUT2D eigenvalue weighted by Crippen LogP contribution is 2.13. The monoisotopic (exact) mass is 318 g/mol. The molecule has 0 saturated carbocycles. The van der Waals surface area contributed by atoms with Gasteiger partial charge in [-0.3, -0.25) is 0 Å². The summed E-state index contributed by atoms with van der Waals surface area (Å²) in [4.78, 5) is 0. The molecule has 3 N–H and O–H groups in total. The number of hydrogen-bond acceptors (Lipinski definition) is 5. The average Bonchev–Trinajstić information content (AvgIpc) is 2.93. The summed E-state index contributed by atoms with van der Waals surface area (Å²) in [6.45, 7) is 4.04. The van der Waals surface area contributed by atoms with Gasteiger partial charge >= 0.3 is 0 Å². The first-order chi connectivity index (χ1) is 10.1. The van der Waals surface area contributed by atoms with Gasteiger partial charge in [-0.1, -0.05) is 19.8 Å². The van der Waals surface area contributed by atoms with Crippen LogP contribution in [0.2, 0.25) is 0 Å². The normalized spacial score (nSPS) is 11.9. The highest BCUT2D eigenvalue weighted by Gasteiger charge is 2.17. The summed E-state index contributed by atoms with van der Waals surface area (Å²) in [6.07, 6.45) is 4.34. The molecule has 6 nitrogen and oxygen atoms in total. The molecule has 0 aliphatic rings. The molecule has 21 heavy (non-hydrogen) atoms. The van der Waals surface area contributed by atoms with Crippen LogP contribution in [0.1, 0.15) is 44.8 Å². The molecule has 1 heterocycles. The molecule has 1 aromatic rings. The van der Waals surface area contributed by atoms with Crippen molar-refractivity contribution in [3.05, 3.63) is 17.9 Å². The lowest BCUT2D eigenvalue weighted by Gasteiger charge is -2.04. The van der Waals surface area contributed by atoms with Crippen LogP contribution in [0.5, 0.6) is 0 Å². The minimum absolute atomic E-state index is 0.0360. The molecule has 7 heteroatoms. The molecule has 0 aliphatic heterocycles. The van der Waals surface area contributed by atoms with E-state index >= 15 is 0 Å². The van der Waals surface area contributed by atoms with E-state index in [1.54, 1.807) is 6.07 Å². The van der Waals surface area contributed by atoms with Crippen LogP contribution in [-0.4, -0.2) is 33.2 Å². The summed E-state index contributed by atoms with van der Waals surface area (Å²) in [7, 11) is -3.56. The van der Waals surface area contributed by atoms with E-state index in [9.17, 15) is 8.42 Å². The Morgan fingerprint density at radius 2 is 1.90 bits per heavy atom.